The van der Waals surface area contributed by atoms with Crippen molar-refractivity contribution in [3.63, 3.8) is 0 Å². The van der Waals surface area contributed by atoms with E-state index in [4.69, 9.17) is 5.73 Å². The van der Waals surface area contributed by atoms with E-state index in [-0.39, 0.29) is 17.9 Å². The number of nitrogens with two attached hydrogens (primary N) is 1. The molecule has 1 rings (SSSR count). The number of carbonyl (C=O) groups is 1. The standard InChI is InChI=1S/C14H27NO2/c1-10(2)12(9-16)14(17)13(15)8-11-6-4-3-5-7-11/h9-14,17H,3-8,15H2,1-2H3. The van der Waals surface area contributed by atoms with Crippen LogP contribution in [0, 0.1) is 17.8 Å². The van der Waals surface area contributed by atoms with Gasteiger partial charge in [-0.15, -0.1) is 0 Å². The predicted octanol–water partition coefficient (Wildman–Crippen LogP) is 2.12. The van der Waals surface area contributed by atoms with Crippen molar-refractivity contribution in [2.24, 2.45) is 23.5 Å². The van der Waals surface area contributed by atoms with Crippen LogP contribution in [0.1, 0.15) is 52.4 Å². The van der Waals surface area contributed by atoms with Crippen LogP contribution in [-0.4, -0.2) is 23.5 Å². The van der Waals surface area contributed by atoms with Gasteiger partial charge in [0.15, 0.2) is 0 Å². The van der Waals surface area contributed by atoms with Crippen molar-refractivity contribution >= 4 is 6.29 Å². The molecule has 0 aromatic rings. The third-order valence-electron chi connectivity index (χ3n) is 4.09. The van der Waals surface area contributed by atoms with Crippen LogP contribution in [0.3, 0.4) is 0 Å². The number of aliphatic hydroxyl groups excluding tert-OH is 1. The van der Waals surface area contributed by atoms with Crippen LogP contribution < -0.4 is 5.73 Å². The second kappa shape index (κ2) is 7.12. The van der Waals surface area contributed by atoms with E-state index in [1.165, 1.54) is 32.1 Å². The summed E-state index contributed by atoms with van der Waals surface area (Å²) >= 11 is 0. The van der Waals surface area contributed by atoms with Crippen LogP contribution in [0.15, 0.2) is 0 Å². The van der Waals surface area contributed by atoms with Crippen LogP contribution in [0.4, 0.5) is 0 Å². The zero-order chi connectivity index (χ0) is 12.8. The topological polar surface area (TPSA) is 63.3 Å². The van der Waals surface area contributed by atoms with E-state index in [9.17, 15) is 9.90 Å². The minimum absolute atomic E-state index is 0.153. The quantitative estimate of drug-likeness (QED) is 0.700. The van der Waals surface area contributed by atoms with Gasteiger partial charge in [0.1, 0.15) is 6.29 Å². The molecule has 0 aliphatic heterocycles. The van der Waals surface area contributed by atoms with Gasteiger partial charge >= 0.3 is 0 Å². The van der Waals surface area contributed by atoms with E-state index in [1.54, 1.807) is 0 Å². The average Bonchev–Trinajstić information content (AvgIpc) is 2.30. The molecule has 3 atom stereocenters. The normalized spacial score (nSPS) is 23.4. The van der Waals surface area contributed by atoms with Crippen LogP contribution in [-0.2, 0) is 4.79 Å². The van der Waals surface area contributed by atoms with Crippen molar-refractivity contribution in [1.82, 2.24) is 0 Å². The van der Waals surface area contributed by atoms with Gasteiger partial charge in [-0.05, 0) is 18.3 Å². The highest BCUT2D eigenvalue weighted by Gasteiger charge is 2.29. The Bertz CT molecular complexity index is 224. The van der Waals surface area contributed by atoms with E-state index < -0.39 is 6.10 Å². The lowest BCUT2D eigenvalue weighted by molar-refractivity contribution is -0.116. The Hall–Kier alpha value is -0.410. The summed E-state index contributed by atoms with van der Waals surface area (Å²) in [5, 5.41) is 10.1. The smallest absolute Gasteiger partial charge is 0.125 e. The molecule has 0 radical (unpaired) electrons. The molecule has 0 bridgehead atoms. The molecule has 3 heteroatoms. The number of hydrogen-bond acceptors (Lipinski definition) is 3. The Morgan fingerprint density at radius 3 is 2.35 bits per heavy atom. The molecule has 0 spiro atoms. The van der Waals surface area contributed by atoms with Crippen molar-refractivity contribution in [2.75, 3.05) is 0 Å². The largest absolute Gasteiger partial charge is 0.391 e. The van der Waals surface area contributed by atoms with Crippen molar-refractivity contribution in [3.8, 4) is 0 Å². The Balaban J connectivity index is 2.44. The maximum Gasteiger partial charge on any atom is 0.125 e. The van der Waals surface area contributed by atoms with Gasteiger partial charge in [0.25, 0.3) is 0 Å². The summed E-state index contributed by atoms with van der Waals surface area (Å²) < 4.78 is 0. The molecule has 3 unspecified atom stereocenters. The van der Waals surface area contributed by atoms with Crippen LogP contribution >= 0.6 is 0 Å². The summed E-state index contributed by atoms with van der Waals surface area (Å²) in [4.78, 5) is 11.0. The maximum absolute atomic E-state index is 11.0. The molecule has 0 heterocycles. The average molecular weight is 241 g/mol. The molecular weight excluding hydrogens is 214 g/mol. The summed E-state index contributed by atoms with van der Waals surface area (Å²) in [7, 11) is 0. The van der Waals surface area contributed by atoms with Crippen LogP contribution in [0.25, 0.3) is 0 Å². The molecular formula is C14H27NO2. The number of hydrogen-bond donors (Lipinski definition) is 2. The predicted molar refractivity (Wildman–Crippen MR) is 69.6 cm³/mol. The zero-order valence-corrected chi connectivity index (χ0v) is 11.1. The van der Waals surface area contributed by atoms with Gasteiger partial charge in [0, 0.05) is 12.0 Å². The molecule has 100 valence electrons. The highest BCUT2D eigenvalue weighted by atomic mass is 16.3. The Kier molecular flexibility index (Phi) is 6.14. The lowest BCUT2D eigenvalue weighted by Gasteiger charge is -2.30. The Labute approximate surface area is 105 Å². The maximum atomic E-state index is 11.0. The highest BCUT2D eigenvalue weighted by molar-refractivity contribution is 5.55. The van der Waals surface area contributed by atoms with Gasteiger partial charge in [-0.2, -0.15) is 0 Å². The van der Waals surface area contributed by atoms with Gasteiger partial charge in [-0.25, -0.2) is 0 Å². The highest BCUT2D eigenvalue weighted by Crippen LogP contribution is 2.28. The van der Waals surface area contributed by atoms with Gasteiger partial charge in [-0.1, -0.05) is 46.0 Å². The Morgan fingerprint density at radius 1 is 1.29 bits per heavy atom. The fraction of sp³-hybridized carbons (Fsp3) is 0.929. The van der Waals surface area contributed by atoms with Crippen LogP contribution in [0.2, 0.25) is 0 Å². The van der Waals surface area contributed by atoms with Crippen molar-refractivity contribution < 1.29 is 9.90 Å². The molecule has 1 fully saturated rings. The van der Waals surface area contributed by atoms with Crippen molar-refractivity contribution in [3.05, 3.63) is 0 Å². The lowest BCUT2D eigenvalue weighted by Crippen LogP contribution is -2.43. The van der Waals surface area contributed by atoms with E-state index in [1.807, 2.05) is 13.8 Å². The fourth-order valence-electron chi connectivity index (χ4n) is 2.86. The SMILES string of the molecule is CC(C)C(C=O)C(O)C(N)CC1CCCCC1. The molecule has 0 aromatic heterocycles. The zero-order valence-electron chi connectivity index (χ0n) is 11.1. The van der Waals surface area contributed by atoms with E-state index in [0.29, 0.717) is 5.92 Å². The van der Waals surface area contributed by atoms with Crippen LogP contribution in [0.5, 0.6) is 0 Å². The molecule has 1 aliphatic carbocycles. The Morgan fingerprint density at radius 2 is 1.88 bits per heavy atom. The molecule has 1 aliphatic rings. The molecule has 0 saturated heterocycles. The summed E-state index contributed by atoms with van der Waals surface area (Å²) in [5.41, 5.74) is 6.05. The van der Waals surface area contributed by atoms with E-state index in [2.05, 4.69) is 0 Å². The van der Waals surface area contributed by atoms with Crippen molar-refractivity contribution in [1.29, 1.82) is 0 Å². The minimum atomic E-state index is -0.686. The summed E-state index contributed by atoms with van der Waals surface area (Å²) in [6.07, 6.45) is 7.39. The van der Waals surface area contributed by atoms with E-state index in [0.717, 1.165) is 12.7 Å². The van der Waals surface area contributed by atoms with Gasteiger partial charge in [0.05, 0.1) is 6.10 Å². The fourth-order valence-corrected chi connectivity index (χ4v) is 2.86. The van der Waals surface area contributed by atoms with Gasteiger partial charge < -0.3 is 15.6 Å². The first-order valence-corrected chi connectivity index (χ1v) is 6.95. The van der Waals surface area contributed by atoms with E-state index >= 15 is 0 Å². The number of aldehydes is 1. The second-order valence-corrected chi connectivity index (χ2v) is 5.85. The number of rotatable bonds is 6. The summed E-state index contributed by atoms with van der Waals surface area (Å²) in [5.74, 6) is 0.473. The summed E-state index contributed by atoms with van der Waals surface area (Å²) in [6, 6.07) is -0.254. The second-order valence-electron chi connectivity index (χ2n) is 5.85. The molecule has 0 aromatic carbocycles. The number of aliphatic hydroxyl groups is 1. The molecule has 3 N–H and O–H groups in total. The monoisotopic (exact) mass is 241 g/mol. The first-order valence-electron chi connectivity index (χ1n) is 6.95. The first-order chi connectivity index (χ1) is 8.06. The third-order valence-corrected chi connectivity index (χ3v) is 4.09. The molecule has 1 saturated carbocycles. The van der Waals surface area contributed by atoms with Gasteiger partial charge in [0.2, 0.25) is 0 Å². The van der Waals surface area contributed by atoms with Crippen molar-refractivity contribution in [2.45, 2.75) is 64.5 Å². The van der Waals surface area contributed by atoms with Gasteiger partial charge in [-0.3, -0.25) is 0 Å². The summed E-state index contributed by atoms with van der Waals surface area (Å²) in [6.45, 7) is 3.91. The lowest BCUT2D eigenvalue weighted by atomic mass is 9.80. The number of carbonyl (C=O) groups excluding carboxylic acids is 1. The molecule has 0 amide bonds. The molecule has 17 heavy (non-hydrogen) atoms. The molecule has 3 nitrogen and oxygen atoms in total. The third kappa shape index (κ3) is 4.40. The minimum Gasteiger partial charge on any atom is -0.391 e. The first kappa shape index (κ1) is 14.7.